The third kappa shape index (κ3) is 4.02. The number of carboxylic acid groups (broad SMARTS) is 1. The van der Waals surface area contributed by atoms with Crippen molar-refractivity contribution in [3.63, 3.8) is 0 Å². The fraction of sp³-hybridized carbons (Fsp3) is 0.579. The number of rotatable bonds is 3. The number of amides is 1. The Labute approximate surface area is 150 Å². The summed E-state index contributed by atoms with van der Waals surface area (Å²) in [4.78, 5) is 25.7. The second-order valence-electron chi connectivity index (χ2n) is 7.31. The van der Waals surface area contributed by atoms with Crippen molar-refractivity contribution in [2.45, 2.75) is 57.3 Å². The SMILES string of the molecule is O=C(O)C1Cc2ccccc2CN1C(=O)CC1CCC(C(F)(F)F)CC1. The number of fused-ring (bicyclic) bond motifs is 1. The summed E-state index contributed by atoms with van der Waals surface area (Å²) in [5.74, 6) is -2.70. The molecule has 1 aromatic carbocycles. The number of halogens is 3. The molecule has 1 heterocycles. The number of carbonyl (C=O) groups excluding carboxylic acids is 1. The number of carboxylic acids is 1. The second-order valence-corrected chi connectivity index (χ2v) is 7.31. The molecule has 0 saturated heterocycles. The molecular formula is C19H22F3NO3. The molecule has 26 heavy (non-hydrogen) atoms. The molecule has 2 aliphatic rings. The molecule has 0 aromatic heterocycles. The number of hydrogen-bond acceptors (Lipinski definition) is 2. The molecule has 1 saturated carbocycles. The van der Waals surface area contributed by atoms with Crippen molar-refractivity contribution in [2.24, 2.45) is 11.8 Å². The van der Waals surface area contributed by atoms with Crippen molar-refractivity contribution in [1.29, 1.82) is 0 Å². The van der Waals surface area contributed by atoms with Gasteiger partial charge in [0.2, 0.25) is 5.91 Å². The van der Waals surface area contributed by atoms with E-state index in [-0.39, 0.29) is 44.1 Å². The monoisotopic (exact) mass is 369 g/mol. The zero-order chi connectivity index (χ0) is 18.9. The standard InChI is InChI=1S/C19H22F3NO3/c20-19(21,22)15-7-5-12(6-8-15)9-17(24)23-11-14-4-2-1-3-13(14)10-16(23)18(25)26/h1-4,12,15-16H,5-11H2,(H,25,26). The van der Waals surface area contributed by atoms with Gasteiger partial charge >= 0.3 is 12.1 Å². The topological polar surface area (TPSA) is 57.6 Å². The number of aliphatic carboxylic acids is 1. The van der Waals surface area contributed by atoms with Crippen LogP contribution in [0.15, 0.2) is 24.3 Å². The average Bonchev–Trinajstić information content (AvgIpc) is 2.60. The Balaban J connectivity index is 1.64. The highest BCUT2D eigenvalue weighted by molar-refractivity contribution is 5.84. The minimum absolute atomic E-state index is 0.0483. The predicted octanol–water partition coefficient (Wildman–Crippen LogP) is 3.78. The van der Waals surface area contributed by atoms with Gasteiger partial charge in [0.15, 0.2) is 0 Å². The van der Waals surface area contributed by atoms with Crippen LogP contribution < -0.4 is 0 Å². The predicted molar refractivity (Wildman–Crippen MR) is 88.2 cm³/mol. The molecule has 0 radical (unpaired) electrons. The zero-order valence-corrected chi connectivity index (χ0v) is 14.3. The molecule has 0 bridgehead atoms. The zero-order valence-electron chi connectivity index (χ0n) is 14.3. The Bertz CT molecular complexity index is 681. The minimum Gasteiger partial charge on any atom is -0.480 e. The van der Waals surface area contributed by atoms with Crippen molar-refractivity contribution < 1.29 is 27.9 Å². The van der Waals surface area contributed by atoms with Crippen LogP contribution in [0.5, 0.6) is 0 Å². The molecule has 1 N–H and O–H groups in total. The van der Waals surface area contributed by atoms with Gasteiger partial charge in [-0.3, -0.25) is 4.79 Å². The summed E-state index contributed by atoms with van der Waals surface area (Å²) in [5, 5.41) is 9.49. The van der Waals surface area contributed by atoms with Gasteiger partial charge in [0.25, 0.3) is 0 Å². The van der Waals surface area contributed by atoms with Crippen LogP contribution in [0.4, 0.5) is 13.2 Å². The summed E-state index contributed by atoms with van der Waals surface area (Å²) in [6.45, 7) is 0.240. The second kappa shape index (κ2) is 7.29. The van der Waals surface area contributed by atoms with E-state index in [1.807, 2.05) is 24.3 Å². The highest BCUT2D eigenvalue weighted by Gasteiger charge is 2.42. The third-order valence-electron chi connectivity index (χ3n) is 5.63. The smallest absolute Gasteiger partial charge is 0.391 e. The molecule has 3 rings (SSSR count). The molecule has 1 aliphatic heterocycles. The van der Waals surface area contributed by atoms with Crippen LogP contribution in [-0.4, -0.2) is 34.1 Å². The van der Waals surface area contributed by atoms with Crippen LogP contribution in [-0.2, 0) is 22.6 Å². The van der Waals surface area contributed by atoms with Crippen molar-refractivity contribution in [2.75, 3.05) is 0 Å². The van der Waals surface area contributed by atoms with Crippen LogP contribution in [0.25, 0.3) is 0 Å². The van der Waals surface area contributed by atoms with Crippen molar-refractivity contribution in [3.05, 3.63) is 35.4 Å². The quantitative estimate of drug-likeness (QED) is 0.882. The van der Waals surface area contributed by atoms with Gasteiger partial charge < -0.3 is 10.0 Å². The Hall–Kier alpha value is -2.05. The Morgan fingerprint density at radius 2 is 1.69 bits per heavy atom. The number of nitrogens with zero attached hydrogens (tertiary/aromatic N) is 1. The number of alkyl halides is 3. The Morgan fingerprint density at radius 3 is 2.27 bits per heavy atom. The molecule has 4 nitrogen and oxygen atoms in total. The molecule has 1 amide bonds. The van der Waals surface area contributed by atoms with Crippen molar-refractivity contribution >= 4 is 11.9 Å². The maximum atomic E-state index is 12.8. The first-order chi connectivity index (χ1) is 12.3. The van der Waals surface area contributed by atoms with E-state index >= 15 is 0 Å². The maximum absolute atomic E-state index is 12.8. The molecule has 1 aliphatic carbocycles. The fourth-order valence-electron chi connectivity index (χ4n) is 4.06. The summed E-state index contributed by atoms with van der Waals surface area (Å²) < 4.78 is 38.3. The van der Waals surface area contributed by atoms with Gasteiger partial charge in [0.05, 0.1) is 5.92 Å². The Morgan fingerprint density at radius 1 is 1.08 bits per heavy atom. The first-order valence-electron chi connectivity index (χ1n) is 8.91. The summed E-state index contributed by atoms with van der Waals surface area (Å²) in [7, 11) is 0. The third-order valence-corrected chi connectivity index (χ3v) is 5.63. The van der Waals surface area contributed by atoms with Gasteiger partial charge in [-0.05, 0) is 42.7 Å². The highest BCUT2D eigenvalue weighted by Crippen LogP contribution is 2.40. The van der Waals surface area contributed by atoms with Gasteiger partial charge in [0.1, 0.15) is 6.04 Å². The van der Waals surface area contributed by atoms with Crippen LogP contribution in [0, 0.1) is 11.8 Å². The summed E-state index contributed by atoms with van der Waals surface area (Å²) in [5.41, 5.74) is 1.86. The van der Waals surface area contributed by atoms with Crippen LogP contribution >= 0.6 is 0 Å². The molecule has 1 aromatic rings. The van der Waals surface area contributed by atoms with Crippen LogP contribution in [0.2, 0.25) is 0 Å². The van der Waals surface area contributed by atoms with Crippen molar-refractivity contribution in [1.82, 2.24) is 4.90 Å². The maximum Gasteiger partial charge on any atom is 0.391 e. The summed E-state index contributed by atoms with van der Waals surface area (Å²) >= 11 is 0. The van der Waals surface area contributed by atoms with E-state index in [1.54, 1.807) is 0 Å². The van der Waals surface area contributed by atoms with Gasteiger partial charge in [-0.25, -0.2) is 4.79 Å². The van der Waals surface area contributed by atoms with Gasteiger partial charge in [0, 0.05) is 19.4 Å². The lowest BCUT2D eigenvalue weighted by molar-refractivity contribution is -0.184. The van der Waals surface area contributed by atoms with E-state index in [9.17, 15) is 27.9 Å². The highest BCUT2D eigenvalue weighted by atomic mass is 19.4. The van der Waals surface area contributed by atoms with E-state index < -0.39 is 24.1 Å². The van der Waals surface area contributed by atoms with Crippen LogP contribution in [0.1, 0.15) is 43.2 Å². The average molecular weight is 369 g/mol. The Kier molecular flexibility index (Phi) is 5.25. The molecule has 0 spiro atoms. The van der Waals surface area contributed by atoms with Crippen molar-refractivity contribution in [3.8, 4) is 0 Å². The minimum atomic E-state index is -4.17. The van der Waals surface area contributed by atoms with E-state index in [4.69, 9.17) is 0 Å². The van der Waals surface area contributed by atoms with Crippen LogP contribution in [0.3, 0.4) is 0 Å². The molecule has 1 atom stereocenters. The largest absolute Gasteiger partial charge is 0.480 e. The fourth-order valence-corrected chi connectivity index (χ4v) is 4.06. The molecule has 1 unspecified atom stereocenters. The molecular weight excluding hydrogens is 347 g/mol. The van der Waals surface area contributed by atoms with E-state index in [2.05, 4.69) is 0 Å². The number of benzene rings is 1. The first kappa shape index (κ1) is 18.7. The molecule has 142 valence electrons. The summed E-state index contributed by atoms with van der Waals surface area (Å²) in [6, 6.07) is 6.52. The lowest BCUT2D eigenvalue weighted by Gasteiger charge is -2.36. The molecule has 7 heteroatoms. The van der Waals surface area contributed by atoms with Gasteiger partial charge in [-0.2, -0.15) is 13.2 Å². The lowest BCUT2D eigenvalue weighted by Crippen LogP contribution is -2.49. The normalized spacial score (nSPS) is 26.3. The molecule has 1 fully saturated rings. The number of hydrogen-bond donors (Lipinski definition) is 1. The van der Waals surface area contributed by atoms with E-state index in [1.165, 1.54) is 4.90 Å². The number of carbonyl (C=O) groups is 2. The first-order valence-corrected chi connectivity index (χ1v) is 8.91. The summed E-state index contributed by atoms with van der Waals surface area (Å²) in [6.07, 6.45) is -2.97. The van der Waals surface area contributed by atoms with Gasteiger partial charge in [-0.1, -0.05) is 24.3 Å². The van der Waals surface area contributed by atoms with Gasteiger partial charge in [-0.15, -0.1) is 0 Å². The van der Waals surface area contributed by atoms with E-state index in [0.717, 1.165) is 11.1 Å². The van der Waals surface area contributed by atoms with E-state index in [0.29, 0.717) is 12.8 Å². The lowest BCUT2D eigenvalue weighted by atomic mass is 9.80.